The van der Waals surface area contributed by atoms with Crippen molar-refractivity contribution in [2.24, 2.45) is 0 Å². The van der Waals surface area contributed by atoms with Gasteiger partial charge in [0.05, 0.1) is 12.9 Å². The van der Waals surface area contributed by atoms with Crippen LogP contribution in [-0.4, -0.2) is 104 Å². The summed E-state index contributed by atoms with van der Waals surface area (Å²) in [4.78, 5) is 58.5. The molecule has 2 aromatic rings. The second-order valence-corrected chi connectivity index (χ2v) is 11.1. The van der Waals surface area contributed by atoms with E-state index in [1.807, 2.05) is 0 Å². The number of aromatic nitrogens is 4. The Bertz CT molecular complexity index is 1220. The fourth-order valence-electron chi connectivity index (χ4n) is 2.74. The van der Waals surface area contributed by atoms with E-state index >= 15 is 0 Å². The minimum absolute atomic E-state index is 0. The van der Waals surface area contributed by atoms with Crippen LogP contribution in [-0.2, 0) is 27.3 Å². The molecular formula is C10H17N6NaO13P3. The molecular weight excluding hydrogens is 528 g/mol. The van der Waals surface area contributed by atoms with E-state index in [9.17, 15) is 38.5 Å². The minimum Gasteiger partial charge on any atom is -0.387 e. The summed E-state index contributed by atoms with van der Waals surface area (Å²) in [5, 5.41) is 20.4. The summed E-state index contributed by atoms with van der Waals surface area (Å²) in [5.41, 5.74) is 4.52. The first-order valence-corrected chi connectivity index (χ1v) is 12.9. The van der Waals surface area contributed by atoms with E-state index in [1.165, 1.54) is 0 Å². The molecule has 19 nitrogen and oxygen atoms in total. The summed E-state index contributed by atoms with van der Waals surface area (Å²) >= 11 is 0. The number of aliphatic hydroxyl groups is 2. The van der Waals surface area contributed by atoms with Crippen LogP contribution in [0.1, 0.15) is 6.23 Å². The van der Waals surface area contributed by atoms with Crippen LogP contribution < -0.4 is 16.2 Å². The summed E-state index contributed by atoms with van der Waals surface area (Å²) in [5.74, 6) is -0.270. The zero-order valence-corrected chi connectivity index (χ0v) is 21.1. The molecule has 10 N–H and O–H groups in total. The predicted octanol–water partition coefficient (Wildman–Crippen LogP) is -3.14. The third-order valence-electron chi connectivity index (χ3n) is 3.93. The number of rotatable bonds is 8. The van der Waals surface area contributed by atoms with Crippen LogP contribution >= 0.6 is 23.3 Å². The number of nitrogens with two attached hydrogens (primary N) is 1. The molecule has 3 rings (SSSR count). The number of fused-ring (bicyclic) bond motifs is 1. The average molecular weight is 545 g/mol. The molecule has 0 bridgehead atoms. The van der Waals surface area contributed by atoms with Gasteiger partial charge in [0.25, 0.3) is 5.56 Å². The number of aliphatic hydroxyl groups excluding tert-OH is 2. The van der Waals surface area contributed by atoms with Gasteiger partial charge < -0.3 is 40.3 Å². The van der Waals surface area contributed by atoms with E-state index in [1.54, 1.807) is 0 Å². The first-order chi connectivity index (χ1) is 14.6. The molecule has 0 spiro atoms. The second-order valence-electron chi connectivity index (χ2n) is 6.33. The van der Waals surface area contributed by atoms with Crippen LogP contribution in [0.25, 0.3) is 11.2 Å². The van der Waals surface area contributed by atoms with Crippen molar-refractivity contribution in [2.75, 3.05) is 12.3 Å². The van der Waals surface area contributed by atoms with Crippen molar-refractivity contribution in [3.63, 3.8) is 0 Å². The first-order valence-electron chi connectivity index (χ1n) is 8.19. The smallest absolute Gasteiger partial charge is 0.387 e. The number of hydrogen-bond donors (Lipinski definition) is 9. The molecule has 23 heteroatoms. The van der Waals surface area contributed by atoms with Gasteiger partial charge in [-0.3, -0.25) is 18.9 Å². The van der Waals surface area contributed by atoms with Gasteiger partial charge in [0, 0.05) is 29.6 Å². The third-order valence-corrected chi connectivity index (χ3v) is 8.17. The molecule has 1 aliphatic rings. The topological polar surface area (TPSA) is 302 Å². The maximum Gasteiger partial charge on any atom is 0.480 e. The number of nitrogens with zero attached hydrogens (tertiary/aromatic N) is 3. The normalized spacial score (nSPS) is 27.1. The van der Waals surface area contributed by atoms with Crippen molar-refractivity contribution in [3.8, 4) is 0 Å². The molecule has 181 valence electrons. The summed E-state index contributed by atoms with van der Waals surface area (Å²) in [7, 11) is -16.2. The van der Waals surface area contributed by atoms with Gasteiger partial charge in [0.15, 0.2) is 17.4 Å². The number of nitrogens with one attached hydrogen (secondary N) is 2. The number of hydrogen-bond acceptors (Lipinski definition) is 12. The number of nitrogen functional groups attached to an aromatic ring is 1. The molecule has 3 heterocycles. The van der Waals surface area contributed by atoms with Gasteiger partial charge in [-0.25, -0.2) is 18.7 Å². The Morgan fingerprint density at radius 1 is 1.21 bits per heavy atom. The SMILES string of the molecule is Nc1nc2c(ncn2C2OC(COP(=O)(O)OP(=O)(O)NP(=O)(O)O)C(O)C2O)c(=O)[nH]1.[Na]. The van der Waals surface area contributed by atoms with Gasteiger partial charge in [0.1, 0.15) is 18.3 Å². The number of anilines is 1. The summed E-state index contributed by atoms with van der Waals surface area (Å²) in [6.45, 7) is -0.985. The average Bonchev–Trinajstić information content (AvgIpc) is 3.12. The molecule has 33 heavy (non-hydrogen) atoms. The number of H-pyrrole nitrogens is 1. The largest absolute Gasteiger partial charge is 0.480 e. The Balaban J connectivity index is 0.00000385. The van der Waals surface area contributed by atoms with Crippen LogP contribution in [0.2, 0.25) is 0 Å². The number of ether oxygens (including phenoxy) is 1. The van der Waals surface area contributed by atoms with Crippen molar-refractivity contribution in [1.82, 2.24) is 24.4 Å². The molecule has 0 saturated carbocycles. The quantitative estimate of drug-likeness (QED) is 0.117. The summed E-state index contributed by atoms with van der Waals surface area (Å²) < 4.78 is 48.7. The van der Waals surface area contributed by atoms with Gasteiger partial charge in [-0.2, -0.15) is 9.29 Å². The van der Waals surface area contributed by atoms with Crippen molar-refractivity contribution in [3.05, 3.63) is 16.7 Å². The number of phosphoric ester groups is 1. The Labute approximate surface area is 204 Å². The Morgan fingerprint density at radius 2 is 1.85 bits per heavy atom. The van der Waals surface area contributed by atoms with E-state index < -0.39 is 60.0 Å². The Kier molecular flexibility index (Phi) is 8.86. The zero-order valence-electron chi connectivity index (χ0n) is 16.4. The monoisotopic (exact) mass is 545 g/mol. The maximum atomic E-state index is 11.9. The predicted molar refractivity (Wildman–Crippen MR) is 106 cm³/mol. The van der Waals surface area contributed by atoms with Crippen LogP contribution in [0.3, 0.4) is 0 Å². The first kappa shape index (κ1) is 28.7. The van der Waals surface area contributed by atoms with Crippen LogP contribution in [0, 0.1) is 0 Å². The fraction of sp³-hybridized carbons (Fsp3) is 0.500. The number of aromatic amines is 1. The molecule has 0 aliphatic carbocycles. The van der Waals surface area contributed by atoms with Gasteiger partial charge in [0.2, 0.25) is 5.95 Å². The van der Waals surface area contributed by atoms with Gasteiger partial charge in [-0.15, -0.1) is 4.86 Å². The third kappa shape index (κ3) is 6.99. The zero-order chi connectivity index (χ0) is 24.1. The van der Waals surface area contributed by atoms with Gasteiger partial charge >= 0.3 is 23.3 Å². The van der Waals surface area contributed by atoms with E-state index in [0.29, 0.717) is 0 Å². The summed E-state index contributed by atoms with van der Waals surface area (Å²) in [6, 6.07) is 0. The van der Waals surface area contributed by atoms with Crippen molar-refractivity contribution < 1.29 is 57.1 Å². The summed E-state index contributed by atoms with van der Waals surface area (Å²) in [6.07, 6.45) is -5.26. The van der Waals surface area contributed by atoms with Crippen molar-refractivity contribution in [1.29, 1.82) is 0 Å². The van der Waals surface area contributed by atoms with E-state index in [4.69, 9.17) is 20.3 Å². The fourth-order valence-corrected chi connectivity index (χ4v) is 6.17. The van der Waals surface area contributed by atoms with Crippen LogP contribution in [0.15, 0.2) is 11.1 Å². The molecule has 6 unspecified atom stereocenters. The van der Waals surface area contributed by atoms with Crippen molar-refractivity contribution in [2.45, 2.75) is 24.5 Å². The number of imidazole rings is 1. The van der Waals surface area contributed by atoms with Crippen LogP contribution in [0.5, 0.6) is 0 Å². The standard InChI is InChI=1S/C10H17N6O13P3.Na/c11-10-13-7-4(8(19)14-10)12-2-16(7)9-6(18)5(17)3(28-9)1-27-32(25,26)29-31(23,24)15-30(20,21)22;/h2-3,5-6,9,17-18H,1H2,(H,25,26)(H3,11,13,14,19)(H4,15,20,21,22,23,24);. The second kappa shape index (κ2) is 10.2. The van der Waals surface area contributed by atoms with E-state index in [2.05, 4.69) is 23.8 Å². The minimum atomic E-state index is -5.48. The van der Waals surface area contributed by atoms with E-state index in [0.717, 1.165) is 15.8 Å². The van der Waals surface area contributed by atoms with E-state index in [-0.39, 0.29) is 46.7 Å². The molecule has 1 fully saturated rings. The Morgan fingerprint density at radius 3 is 2.45 bits per heavy atom. The molecule has 1 radical (unpaired) electrons. The van der Waals surface area contributed by atoms with Gasteiger partial charge in [-0.1, -0.05) is 0 Å². The molecule has 1 aliphatic heterocycles. The molecule has 1 saturated heterocycles. The molecule has 0 aromatic carbocycles. The molecule has 2 aromatic heterocycles. The maximum absolute atomic E-state index is 11.9. The van der Waals surface area contributed by atoms with Gasteiger partial charge in [-0.05, 0) is 0 Å². The number of phosphoric acid groups is 1. The van der Waals surface area contributed by atoms with Crippen LogP contribution in [0.4, 0.5) is 5.95 Å². The Hall–Kier alpha value is -0.560. The molecule has 0 amide bonds. The molecule has 6 atom stereocenters. The van der Waals surface area contributed by atoms with Crippen molar-refractivity contribution >= 4 is 70.0 Å².